The lowest BCUT2D eigenvalue weighted by Crippen LogP contribution is -2.48. The number of piperazine rings is 1. The molecule has 0 amide bonds. The molecular formula is C13H18ClN3O2S2. The number of benzene rings is 1. The Morgan fingerprint density at radius 2 is 1.95 bits per heavy atom. The van der Waals surface area contributed by atoms with Crippen molar-refractivity contribution in [2.24, 2.45) is 5.73 Å². The van der Waals surface area contributed by atoms with Gasteiger partial charge >= 0.3 is 0 Å². The van der Waals surface area contributed by atoms with Crippen LogP contribution in [0.2, 0.25) is 5.02 Å². The Labute approximate surface area is 135 Å². The SMILES string of the molecule is CCN1CCN(S(=O)(=O)c2ccc(C(N)=S)c(Cl)c2)CC1. The largest absolute Gasteiger partial charge is 0.389 e. The average molecular weight is 348 g/mol. The zero-order valence-corrected chi connectivity index (χ0v) is 14.1. The van der Waals surface area contributed by atoms with E-state index >= 15 is 0 Å². The quantitative estimate of drug-likeness (QED) is 0.832. The molecule has 1 aliphatic heterocycles. The molecular weight excluding hydrogens is 330 g/mol. The third-order valence-electron chi connectivity index (χ3n) is 3.62. The number of nitrogens with two attached hydrogens (primary N) is 1. The van der Waals surface area contributed by atoms with E-state index in [4.69, 9.17) is 29.6 Å². The first-order valence-corrected chi connectivity index (χ1v) is 8.90. The van der Waals surface area contributed by atoms with Crippen LogP contribution in [0.3, 0.4) is 0 Å². The van der Waals surface area contributed by atoms with Crippen LogP contribution < -0.4 is 5.73 Å². The van der Waals surface area contributed by atoms with Crippen LogP contribution in [0, 0.1) is 0 Å². The van der Waals surface area contributed by atoms with Crippen molar-refractivity contribution in [1.82, 2.24) is 9.21 Å². The van der Waals surface area contributed by atoms with Gasteiger partial charge < -0.3 is 10.6 Å². The van der Waals surface area contributed by atoms with Gasteiger partial charge in [0.05, 0.1) is 9.92 Å². The maximum atomic E-state index is 12.6. The van der Waals surface area contributed by atoms with Crippen LogP contribution in [-0.2, 0) is 10.0 Å². The zero-order chi connectivity index (χ0) is 15.6. The van der Waals surface area contributed by atoms with Crippen LogP contribution in [0.4, 0.5) is 0 Å². The fourth-order valence-corrected chi connectivity index (χ4v) is 4.32. The number of halogens is 1. The van der Waals surface area contributed by atoms with Crippen molar-refractivity contribution in [1.29, 1.82) is 0 Å². The molecule has 1 aliphatic rings. The lowest BCUT2D eigenvalue weighted by Gasteiger charge is -2.33. The van der Waals surface area contributed by atoms with Gasteiger partial charge in [0.1, 0.15) is 4.99 Å². The Kier molecular flexibility index (Phi) is 5.21. The molecule has 1 aromatic rings. The highest BCUT2D eigenvalue weighted by Gasteiger charge is 2.28. The van der Waals surface area contributed by atoms with Gasteiger partial charge in [-0.15, -0.1) is 0 Å². The first kappa shape index (κ1) is 16.6. The molecule has 2 N–H and O–H groups in total. The third kappa shape index (κ3) is 3.54. The maximum absolute atomic E-state index is 12.6. The molecule has 0 saturated carbocycles. The van der Waals surface area contributed by atoms with Crippen molar-refractivity contribution in [2.75, 3.05) is 32.7 Å². The molecule has 5 nitrogen and oxygen atoms in total. The van der Waals surface area contributed by atoms with E-state index in [1.54, 1.807) is 6.07 Å². The summed E-state index contributed by atoms with van der Waals surface area (Å²) in [6.07, 6.45) is 0. The van der Waals surface area contributed by atoms with E-state index in [0.717, 1.165) is 19.6 Å². The van der Waals surface area contributed by atoms with Crippen molar-refractivity contribution < 1.29 is 8.42 Å². The van der Waals surface area contributed by atoms with E-state index in [9.17, 15) is 8.42 Å². The molecule has 1 aromatic carbocycles. The van der Waals surface area contributed by atoms with Gasteiger partial charge in [-0.1, -0.05) is 30.7 Å². The Morgan fingerprint density at radius 3 is 2.43 bits per heavy atom. The standard InChI is InChI=1S/C13H18ClN3O2S2/c1-2-16-5-7-17(8-6-16)21(18,19)10-3-4-11(13(15)20)12(14)9-10/h3-4,9H,2,5-8H2,1H3,(H2,15,20). The molecule has 0 spiro atoms. The molecule has 1 saturated heterocycles. The van der Waals surface area contributed by atoms with Crippen LogP contribution in [0.5, 0.6) is 0 Å². The van der Waals surface area contributed by atoms with Crippen LogP contribution in [-0.4, -0.2) is 55.3 Å². The highest BCUT2D eigenvalue weighted by Crippen LogP contribution is 2.24. The number of sulfonamides is 1. The molecule has 0 bridgehead atoms. The second kappa shape index (κ2) is 6.58. The summed E-state index contributed by atoms with van der Waals surface area (Å²) in [4.78, 5) is 2.55. The highest BCUT2D eigenvalue weighted by molar-refractivity contribution is 7.89. The molecule has 8 heteroatoms. The molecule has 1 fully saturated rings. The van der Waals surface area contributed by atoms with Gasteiger partial charge in [-0.25, -0.2) is 8.42 Å². The van der Waals surface area contributed by atoms with Crippen molar-refractivity contribution >= 4 is 38.8 Å². The molecule has 116 valence electrons. The minimum absolute atomic E-state index is 0.153. The topological polar surface area (TPSA) is 66.6 Å². The Balaban J connectivity index is 2.24. The summed E-state index contributed by atoms with van der Waals surface area (Å²) >= 11 is 10.9. The Bertz CT molecular complexity index is 641. The third-order valence-corrected chi connectivity index (χ3v) is 6.05. The summed E-state index contributed by atoms with van der Waals surface area (Å²) in [5.74, 6) is 0. The van der Waals surface area contributed by atoms with Crippen LogP contribution >= 0.6 is 23.8 Å². The average Bonchev–Trinajstić information content (AvgIpc) is 2.46. The predicted octanol–water partition coefficient (Wildman–Crippen LogP) is 1.30. The van der Waals surface area contributed by atoms with Crippen molar-refractivity contribution in [2.45, 2.75) is 11.8 Å². The van der Waals surface area contributed by atoms with Crippen LogP contribution in [0.25, 0.3) is 0 Å². The van der Waals surface area contributed by atoms with Gasteiger partial charge in [-0.3, -0.25) is 0 Å². The molecule has 2 rings (SSSR count). The maximum Gasteiger partial charge on any atom is 0.243 e. The van der Waals surface area contributed by atoms with Gasteiger partial charge in [-0.2, -0.15) is 4.31 Å². The number of hydrogen-bond donors (Lipinski definition) is 1. The van der Waals surface area contributed by atoms with Crippen LogP contribution in [0.15, 0.2) is 23.1 Å². The minimum atomic E-state index is -3.52. The van der Waals surface area contributed by atoms with E-state index in [-0.39, 0.29) is 14.9 Å². The van der Waals surface area contributed by atoms with E-state index in [2.05, 4.69) is 11.8 Å². The Hall–Kier alpha value is -0.730. The van der Waals surface area contributed by atoms with E-state index in [0.29, 0.717) is 18.7 Å². The highest BCUT2D eigenvalue weighted by atomic mass is 35.5. The van der Waals surface area contributed by atoms with E-state index in [1.165, 1.54) is 16.4 Å². The second-order valence-corrected chi connectivity index (χ2v) is 7.63. The summed E-state index contributed by atoms with van der Waals surface area (Å²) in [7, 11) is -3.52. The number of nitrogens with zero attached hydrogens (tertiary/aromatic N) is 2. The number of likely N-dealkylation sites (N-methyl/N-ethyl adjacent to an activating group) is 1. The van der Waals surface area contributed by atoms with Gasteiger partial charge in [-0.05, 0) is 24.7 Å². The summed E-state index contributed by atoms with van der Waals surface area (Å²) in [6.45, 7) is 5.47. The zero-order valence-electron chi connectivity index (χ0n) is 11.8. The Morgan fingerprint density at radius 1 is 1.33 bits per heavy atom. The smallest absolute Gasteiger partial charge is 0.243 e. The first-order chi connectivity index (χ1) is 9.86. The van der Waals surface area contributed by atoms with E-state index < -0.39 is 10.0 Å². The summed E-state index contributed by atoms with van der Waals surface area (Å²) in [6, 6.07) is 4.47. The lowest BCUT2D eigenvalue weighted by atomic mass is 10.2. The molecule has 0 radical (unpaired) electrons. The summed E-state index contributed by atoms with van der Waals surface area (Å²) in [5, 5.41) is 0.260. The van der Waals surface area contributed by atoms with Crippen molar-refractivity contribution in [3.05, 3.63) is 28.8 Å². The fourth-order valence-electron chi connectivity index (χ4n) is 2.29. The van der Waals surface area contributed by atoms with Gasteiger partial charge in [0.25, 0.3) is 0 Å². The van der Waals surface area contributed by atoms with Gasteiger partial charge in [0.2, 0.25) is 10.0 Å². The van der Waals surface area contributed by atoms with Gasteiger partial charge in [0.15, 0.2) is 0 Å². The fraction of sp³-hybridized carbons (Fsp3) is 0.462. The number of thiocarbonyl (C=S) groups is 1. The normalized spacial score (nSPS) is 17.8. The predicted molar refractivity (Wildman–Crippen MR) is 88.2 cm³/mol. The van der Waals surface area contributed by atoms with Gasteiger partial charge in [0, 0.05) is 31.7 Å². The molecule has 0 atom stereocenters. The molecule has 0 aromatic heterocycles. The summed E-state index contributed by atoms with van der Waals surface area (Å²) in [5.41, 5.74) is 6.02. The first-order valence-electron chi connectivity index (χ1n) is 6.68. The molecule has 1 heterocycles. The number of hydrogen-bond acceptors (Lipinski definition) is 4. The van der Waals surface area contributed by atoms with Crippen molar-refractivity contribution in [3.8, 4) is 0 Å². The van der Waals surface area contributed by atoms with Crippen molar-refractivity contribution in [3.63, 3.8) is 0 Å². The monoisotopic (exact) mass is 347 g/mol. The van der Waals surface area contributed by atoms with Crippen LogP contribution in [0.1, 0.15) is 12.5 Å². The minimum Gasteiger partial charge on any atom is -0.389 e. The lowest BCUT2D eigenvalue weighted by molar-refractivity contribution is 0.196. The molecule has 0 aliphatic carbocycles. The number of rotatable bonds is 4. The summed E-state index contributed by atoms with van der Waals surface area (Å²) < 4.78 is 26.7. The second-order valence-electron chi connectivity index (χ2n) is 4.84. The molecule has 0 unspecified atom stereocenters. The van der Waals surface area contributed by atoms with E-state index in [1.807, 2.05) is 0 Å². The molecule has 21 heavy (non-hydrogen) atoms.